The molecule has 0 radical (unpaired) electrons. The molecule has 0 spiro atoms. The zero-order valence-corrected chi connectivity index (χ0v) is 13.0. The van der Waals surface area contributed by atoms with Crippen LogP contribution in [0.1, 0.15) is 45.4 Å². The summed E-state index contributed by atoms with van der Waals surface area (Å²) in [5, 5.41) is 8.13. The third-order valence-electron chi connectivity index (χ3n) is 3.25. The molecule has 2 rings (SSSR count). The molecule has 0 atom stereocenters. The van der Waals surface area contributed by atoms with Crippen molar-refractivity contribution in [3.05, 3.63) is 47.8 Å². The lowest BCUT2D eigenvalue weighted by molar-refractivity contribution is 0.423. The summed E-state index contributed by atoms with van der Waals surface area (Å²) in [5.74, 6) is 0. The van der Waals surface area contributed by atoms with Gasteiger partial charge in [-0.2, -0.15) is 5.10 Å². The van der Waals surface area contributed by atoms with Gasteiger partial charge in [0.25, 0.3) is 0 Å². The summed E-state index contributed by atoms with van der Waals surface area (Å²) in [7, 11) is 0. The highest BCUT2D eigenvalue weighted by molar-refractivity contribution is 5.35. The van der Waals surface area contributed by atoms with Gasteiger partial charge in [-0.25, -0.2) is 4.68 Å². The highest BCUT2D eigenvalue weighted by Crippen LogP contribution is 2.17. The number of nitrogens with zero attached hydrogens (tertiary/aromatic N) is 2. The number of aromatic nitrogens is 2. The van der Waals surface area contributed by atoms with Crippen molar-refractivity contribution in [3.8, 4) is 5.69 Å². The number of nitrogens with one attached hydrogen (secondary N) is 1. The maximum atomic E-state index is 4.58. The fourth-order valence-corrected chi connectivity index (χ4v) is 2.21. The van der Waals surface area contributed by atoms with E-state index in [-0.39, 0.29) is 5.54 Å². The van der Waals surface area contributed by atoms with E-state index in [1.165, 1.54) is 11.3 Å². The molecule has 0 aliphatic heterocycles. The monoisotopic (exact) mass is 271 g/mol. The van der Waals surface area contributed by atoms with Crippen molar-refractivity contribution in [1.82, 2.24) is 15.1 Å². The predicted molar refractivity (Wildman–Crippen MR) is 84.2 cm³/mol. The summed E-state index contributed by atoms with van der Waals surface area (Å²) in [6, 6.07) is 10.4. The minimum absolute atomic E-state index is 0.123. The standard InChI is InChI=1S/C17H25N3/c1-5-9-16-14(12-18-17(2,3)4)13-19-20(16)15-10-7-6-8-11-15/h6-8,10-11,13,18H,5,9,12H2,1-4H3. The number of benzene rings is 1. The summed E-state index contributed by atoms with van der Waals surface area (Å²) >= 11 is 0. The van der Waals surface area contributed by atoms with Crippen molar-refractivity contribution >= 4 is 0 Å². The normalized spacial score (nSPS) is 11.8. The largest absolute Gasteiger partial charge is 0.308 e. The zero-order valence-electron chi connectivity index (χ0n) is 13.0. The number of hydrogen-bond donors (Lipinski definition) is 1. The predicted octanol–water partition coefficient (Wildman–Crippen LogP) is 3.71. The Morgan fingerprint density at radius 1 is 1.15 bits per heavy atom. The molecule has 0 fully saturated rings. The van der Waals surface area contributed by atoms with E-state index >= 15 is 0 Å². The second-order valence-electron chi connectivity index (χ2n) is 6.22. The van der Waals surface area contributed by atoms with Crippen molar-refractivity contribution < 1.29 is 0 Å². The lowest BCUT2D eigenvalue weighted by Crippen LogP contribution is -2.35. The Bertz CT molecular complexity index is 535. The van der Waals surface area contributed by atoms with E-state index in [1.807, 2.05) is 12.3 Å². The molecular formula is C17H25N3. The van der Waals surface area contributed by atoms with Crippen LogP contribution in [0.25, 0.3) is 5.69 Å². The quantitative estimate of drug-likeness (QED) is 0.898. The van der Waals surface area contributed by atoms with E-state index in [4.69, 9.17) is 0 Å². The van der Waals surface area contributed by atoms with Crippen molar-refractivity contribution in [2.45, 2.75) is 52.6 Å². The van der Waals surface area contributed by atoms with Crippen molar-refractivity contribution in [1.29, 1.82) is 0 Å². The smallest absolute Gasteiger partial charge is 0.0648 e. The molecule has 0 saturated heterocycles. The minimum atomic E-state index is 0.123. The Labute approximate surface area is 122 Å². The fraction of sp³-hybridized carbons (Fsp3) is 0.471. The van der Waals surface area contributed by atoms with Crippen LogP contribution in [0.3, 0.4) is 0 Å². The summed E-state index contributed by atoms with van der Waals surface area (Å²) < 4.78 is 2.07. The first-order valence-electron chi connectivity index (χ1n) is 7.37. The van der Waals surface area contributed by atoms with Gasteiger partial charge in [0, 0.05) is 23.3 Å². The Morgan fingerprint density at radius 2 is 1.85 bits per heavy atom. The van der Waals surface area contributed by atoms with Crippen LogP contribution in [-0.4, -0.2) is 15.3 Å². The van der Waals surface area contributed by atoms with Crippen molar-refractivity contribution in [2.75, 3.05) is 0 Å². The first-order valence-corrected chi connectivity index (χ1v) is 7.37. The van der Waals surface area contributed by atoms with Crippen LogP contribution in [0.4, 0.5) is 0 Å². The van der Waals surface area contributed by atoms with Gasteiger partial charge in [-0.1, -0.05) is 31.5 Å². The number of rotatable bonds is 5. The van der Waals surface area contributed by atoms with Gasteiger partial charge in [0.15, 0.2) is 0 Å². The van der Waals surface area contributed by atoms with E-state index in [0.717, 1.165) is 25.1 Å². The molecule has 0 aliphatic carbocycles. The summed E-state index contributed by atoms with van der Waals surface area (Å²) in [4.78, 5) is 0. The Morgan fingerprint density at radius 3 is 2.45 bits per heavy atom. The second-order valence-corrected chi connectivity index (χ2v) is 6.22. The van der Waals surface area contributed by atoms with Crippen LogP contribution in [-0.2, 0) is 13.0 Å². The Balaban J connectivity index is 2.28. The Hall–Kier alpha value is -1.61. The first kappa shape index (κ1) is 14.8. The average Bonchev–Trinajstić information content (AvgIpc) is 2.80. The van der Waals surface area contributed by atoms with E-state index in [9.17, 15) is 0 Å². The highest BCUT2D eigenvalue weighted by Gasteiger charge is 2.14. The maximum Gasteiger partial charge on any atom is 0.0648 e. The molecule has 1 aromatic heterocycles. The van der Waals surface area contributed by atoms with Crippen LogP contribution in [0.5, 0.6) is 0 Å². The molecule has 1 heterocycles. The SMILES string of the molecule is CCCc1c(CNC(C)(C)C)cnn1-c1ccccc1. The number of hydrogen-bond acceptors (Lipinski definition) is 2. The zero-order chi connectivity index (χ0) is 14.6. The van der Waals surface area contributed by atoms with Gasteiger partial charge in [-0.3, -0.25) is 0 Å². The summed E-state index contributed by atoms with van der Waals surface area (Å²) in [6.07, 6.45) is 4.17. The second kappa shape index (κ2) is 6.23. The summed E-state index contributed by atoms with van der Waals surface area (Å²) in [6.45, 7) is 9.64. The van der Waals surface area contributed by atoms with Gasteiger partial charge >= 0.3 is 0 Å². The third kappa shape index (κ3) is 3.70. The summed E-state index contributed by atoms with van der Waals surface area (Å²) in [5.41, 5.74) is 3.87. The molecular weight excluding hydrogens is 246 g/mol. The minimum Gasteiger partial charge on any atom is -0.308 e. The molecule has 0 aliphatic rings. The molecule has 108 valence electrons. The molecule has 1 aromatic carbocycles. The lowest BCUT2D eigenvalue weighted by atomic mass is 10.1. The Kier molecular flexibility index (Phi) is 4.61. The first-order chi connectivity index (χ1) is 9.51. The topological polar surface area (TPSA) is 29.9 Å². The number of para-hydroxylation sites is 1. The highest BCUT2D eigenvalue weighted by atomic mass is 15.3. The molecule has 3 nitrogen and oxygen atoms in total. The van der Waals surface area contributed by atoms with Crippen LogP contribution in [0, 0.1) is 0 Å². The molecule has 0 saturated carbocycles. The molecule has 1 N–H and O–H groups in total. The van der Waals surface area contributed by atoms with Crippen LogP contribution >= 0.6 is 0 Å². The van der Waals surface area contributed by atoms with Crippen molar-refractivity contribution in [3.63, 3.8) is 0 Å². The van der Waals surface area contributed by atoms with Crippen LogP contribution < -0.4 is 5.32 Å². The van der Waals surface area contributed by atoms with E-state index < -0.39 is 0 Å². The molecule has 2 aromatic rings. The molecule has 0 unspecified atom stereocenters. The van der Waals surface area contributed by atoms with Crippen molar-refractivity contribution in [2.24, 2.45) is 0 Å². The molecule has 3 heteroatoms. The van der Waals surface area contributed by atoms with Gasteiger partial charge in [-0.05, 0) is 39.3 Å². The van der Waals surface area contributed by atoms with Gasteiger partial charge in [-0.15, -0.1) is 0 Å². The average molecular weight is 271 g/mol. The van der Waals surface area contributed by atoms with Gasteiger partial charge in [0.2, 0.25) is 0 Å². The lowest BCUT2D eigenvalue weighted by Gasteiger charge is -2.20. The van der Waals surface area contributed by atoms with Gasteiger partial charge in [0.1, 0.15) is 0 Å². The van der Waals surface area contributed by atoms with E-state index in [0.29, 0.717) is 0 Å². The van der Waals surface area contributed by atoms with Crippen LogP contribution in [0.2, 0.25) is 0 Å². The van der Waals surface area contributed by atoms with Gasteiger partial charge in [0.05, 0.1) is 11.9 Å². The molecule has 0 amide bonds. The molecule has 20 heavy (non-hydrogen) atoms. The maximum absolute atomic E-state index is 4.58. The molecule has 0 bridgehead atoms. The van der Waals surface area contributed by atoms with E-state index in [1.54, 1.807) is 0 Å². The van der Waals surface area contributed by atoms with Crippen LogP contribution in [0.15, 0.2) is 36.5 Å². The van der Waals surface area contributed by atoms with E-state index in [2.05, 4.69) is 67.1 Å². The van der Waals surface area contributed by atoms with Gasteiger partial charge < -0.3 is 5.32 Å². The third-order valence-corrected chi connectivity index (χ3v) is 3.25. The fourth-order valence-electron chi connectivity index (χ4n) is 2.21.